The Morgan fingerprint density at radius 3 is 2.47 bits per heavy atom. The van der Waals surface area contributed by atoms with E-state index < -0.39 is 0 Å². The van der Waals surface area contributed by atoms with Gasteiger partial charge in [0.05, 0.1) is 24.0 Å². The van der Waals surface area contributed by atoms with E-state index >= 15 is 0 Å². The Balaban J connectivity index is 1.30. The first-order chi connectivity index (χ1) is 16.5. The number of H-pyrrole nitrogens is 1. The number of methoxy groups -OCH3 is 1. The molecule has 0 aliphatic heterocycles. The van der Waals surface area contributed by atoms with Crippen LogP contribution in [-0.2, 0) is 6.54 Å². The van der Waals surface area contributed by atoms with Crippen molar-refractivity contribution >= 4 is 16.7 Å². The van der Waals surface area contributed by atoms with Crippen LogP contribution in [0.1, 0.15) is 11.5 Å². The summed E-state index contributed by atoms with van der Waals surface area (Å²) in [7, 11) is 1.56. The van der Waals surface area contributed by atoms with Crippen molar-refractivity contribution in [3.05, 3.63) is 78.4 Å². The van der Waals surface area contributed by atoms with Crippen LogP contribution in [-0.4, -0.2) is 38.2 Å². The molecule has 0 amide bonds. The fourth-order valence-electron chi connectivity index (χ4n) is 4.18. The number of benzene rings is 2. The minimum Gasteiger partial charge on any atom is -0.496 e. The van der Waals surface area contributed by atoms with Crippen LogP contribution in [0.15, 0.2) is 61.1 Å². The fraction of sp³-hybridized carbons (Fsp3) is 0.192. The van der Waals surface area contributed by atoms with Crippen LogP contribution in [0.3, 0.4) is 0 Å². The van der Waals surface area contributed by atoms with Gasteiger partial charge in [-0.1, -0.05) is 24.3 Å². The van der Waals surface area contributed by atoms with Gasteiger partial charge in [-0.2, -0.15) is 0 Å². The number of hydrogen-bond donors (Lipinski definition) is 2. The average molecular weight is 457 g/mol. The third-order valence-corrected chi connectivity index (χ3v) is 5.87. The quantitative estimate of drug-likeness (QED) is 0.344. The summed E-state index contributed by atoms with van der Waals surface area (Å²) in [5.41, 5.74) is 5.64. The van der Waals surface area contributed by atoms with E-state index in [1.807, 2.05) is 56.4 Å². The summed E-state index contributed by atoms with van der Waals surface area (Å²) in [6.07, 6.45) is 3.45. The Labute approximate surface area is 196 Å². The number of fused-ring (bicyclic) bond motifs is 1. The summed E-state index contributed by atoms with van der Waals surface area (Å²) >= 11 is 0. The zero-order valence-electron chi connectivity index (χ0n) is 19.3. The lowest BCUT2D eigenvalue weighted by Crippen LogP contribution is -2.12. The lowest BCUT2D eigenvalue weighted by atomic mass is 10.1. The van der Waals surface area contributed by atoms with Crippen LogP contribution in [0.4, 0.5) is 10.2 Å². The Hall–Kier alpha value is -4.20. The summed E-state index contributed by atoms with van der Waals surface area (Å²) in [5, 5.41) is 4.26. The fourth-order valence-corrected chi connectivity index (χ4v) is 4.18. The number of nitrogens with one attached hydrogen (secondary N) is 2. The molecule has 0 saturated heterocycles. The number of halogens is 1. The molecule has 0 aliphatic rings. The molecule has 8 heteroatoms. The highest BCUT2D eigenvalue weighted by molar-refractivity contribution is 5.87. The van der Waals surface area contributed by atoms with Crippen LogP contribution in [0, 0.1) is 19.7 Å². The van der Waals surface area contributed by atoms with E-state index in [1.54, 1.807) is 19.5 Å². The van der Waals surface area contributed by atoms with Gasteiger partial charge in [-0.3, -0.25) is 0 Å². The number of rotatable bonds is 7. The monoisotopic (exact) mass is 456 g/mol. The third-order valence-electron chi connectivity index (χ3n) is 5.87. The maximum atomic E-state index is 14.1. The standard InChI is InChI=1S/C26H25FN6O/c1-16-10-21-24(11-20(27)12-25(21)34-3)33(16)9-8-28-26-13-22(30-15-31-26)18-4-6-19(7-5-18)23-14-29-17(2)32-23/h4-7,10-15H,8-9H2,1-3H3,(H,29,32)(H,28,30,31). The number of imidazole rings is 1. The number of ether oxygens (including phenoxy) is 1. The summed E-state index contributed by atoms with van der Waals surface area (Å²) in [5.74, 6) is 1.84. The zero-order chi connectivity index (χ0) is 23.7. The molecule has 7 nitrogen and oxygen atoms in total. The largest absolute Gasteiger partial charge is 0.496 e. The van der Waals surface area contributed by atoms with Crippen molar-refractivity contribution in [2.45, 2.75) is 20.4 Å². The van der Waals surface area contributed by atoms with Gasteiger partial charge in [-0.15, -0.1) is 0 Å². The van der Waals surface area contributed by atoms with Gasteiger partial charge in [0, 0.05) is 53.6 Å². The van der Waals surface area contributed by atoms with Gasteiger partial charge in [0.15, 0.2) is 0 Å². The second kappa shape index (κ2) is 8.97. The van der Waals surface area contributed by atoms with Crippen molar-refractivity contribution < 1.29 is 9.13 Å². The molecule has 0 bridgehead atoms. The van der Waals surface area contributed by atoms with Crippen LogP contribution < -0.4 is 10.1 Å². The normalized spacial score (nSPS) is 11.2. The van der Waals surface area contributed by atoms with E-state index in [0.29, 0.717) is 18.8 Å². The van der Waals surface area contributed by atoms with Gasteiger partial charge >= 0.3 is 0 Å². The van der Waals surface area contributed by atoms with Gasteiger partial charge in [-0.25, -0.2) is 19.3 Å². The van der Waals surface area contributed by atoms with E-state index in [4.69, 9.17) is 4.74 Å². The molecule has 0 unspecified atom stereocenters. The van der Waals surface area contributed by atoms with Crippen molar-refractivity contribution in [1.82, 2.24) is 24.5 Å². The molecule has 5 aromatic rings. The first-order valence-electron chi connectivity index (χ1n) is 11.0. The molecule has 34 heavy (non-hydrogen) atoms. The van der Waals surface area contributed by atoms with Crippen LogP contribution in [0.25, 0.3) is 33.4 Å². The highest BCUT2D eigenvalue weighted by atomic mass is 19.1. The summed E-state index contributed by atoms with van der Waals surface area (Å²) in [6.45, 7) is 5.22. The molecule has 3 heterocycles. The van der Waals surface area contributed by atoms with Crippen molar-refractivity contribution in [3.63, 3.8) is 0 Å². The van der Waals surface area contributed by atoms with E-state index in [-0.39, 0.29) is 5.82 Å². The highest BCUT2D eigenvalue weighted by Crippen LogP contribution is 2.30. The minimum absolute atomic E-state index is 0.314. The number of anilines is 1. The molecule has 0 aliphatic carbocycles. The summed E-state index contributed by atoms with van der Waals surface area (Å²) in [4.78, 5) is 16.4. The lowest BCUT2D eigenvalue weighted by Gasteiger charge is -2.11. The third kappa shape index (κ3) is 4.22. The molecule has 0 radical (unpaired) electrons. The molecule has 3 aromatic heterocycles. The summed E-state index contributed by atoms with van der Waals surface area (Å²) in [6, 6.07) is 15.0. The Morgan fingerprint density at radius 2 is 1.76 bits per heavy atom. The van der Waals surface area contributed by atoms with Gasteiger partial charge < -0.3 is 19.6 Å². The first kappa shape index (κ1) is 21.6. The van der Waals surface area contributed by atoms with Gasteiger partial charge in [0.25, 0.3) is 0 Å². The number of aromatic amines is 1. The molecular weight excluding hydrogens is 431 g/mol. The Kier molecular flexibility index (Phi) is 5.71. The molecule has 2 aromatic carbocycles. The van der Waals surface area contributed by atoms with E-state index in [2.05, 4.69) is 29.8 Å². The van der Waals surface area contributed by atoms with E-state index in [9.17, 15) is 4.39 Å². The lowest BCUT2D eigenvalue weighted by molar-refractivity contribution is 0.416. The molecule has 172 valence electrons. The summed E-state index contributed by atoms with van der Waals surface area (Å²) < 4.78 is 21.5. The van der Waals surface area contributed by atoms with Crippen LogP contribution >= 0.6 is 0 Å². The number of aromatic nitrogens is 5. The van der Waals surface area contributed by atoms with Crippen LogP contribution in [0.5, 0.6) is 5.75 Å². The second-order valence-corrected chi connectivity index (χ2v) is 8.14. The molecule has 0 atom stereocenters. The maximum Gasteiger partial charge on any atom is 0.131 e. The Bertz CT molecular complexity index is 1450. The molecule has 0 saturated carbocycles. The van der Waals surface area contributed by atoms with Gasteiger partial charge in [-0.05, 0) is 26.0 Å². The minimum atomic E-state index is -0.314. The average Bonchev–Trinajstić information content (AvgIpc) is 3.42. The smallest absolute Gasteiger partial charge is 0.131 e. The van der Waals surface area contributed by atoms with Crippen molar-refractivity contribution in [3.8, 4) is 28.3 Å². The van der Waals surface area contributed by atoms with Crippen molar-refractivity contribution in [2.75, 3.05) is 19.0 Å². The molecule has 0 fully saturated rings. The van der Waals surface area contributed by atoms with Crippen molar-refractivity contribution in [1.29, 1.82) is 0 Å². The molecule has 2 N–H and O–H groups in total. The maximum absolute atomic E-state index is 14.1. The van der Waals surface area contributed by atoms with Gasteiger partial charge in [0.1, 0.15) is 29.5 Å². The highest BCUT2D eigenvalue weighted by Gasteiger charge is 2.12. The number of aryl methyl sites for hydroxylation is 2. The molecule has 0 spiro atoms. The van der Waals surface area contributed by atoms with E-state index in [1.165, 1.54) is 6.07 Å². The number of hydrogen-bond acceptors (Lipinski definition) is 5. The molecular formula is C26H25FN6O. The first-order valence-corrected chi connectivity index (χ1v) is 11.0. The van der Waals surface area contributed by atoms with Crippen molar-refractivity contribution in [2.24, 2.45) is 0 Å². The second-order valence-electron chi connectivity index (χ2n) is 8.14. The predicted molar refractivity (Wildman–Crippen MR) is 131 cm³/mol. The number of nitrogens with zero attached hydrogens (tertiary/aromatic N) is 4. The van der Waals surface area contributed by atoms with E-state index in [0.717, 1.165) is 50.8 Å². The van der Waals surface area contributed by atoms with Gasteiger partial charge in [0.2, 0.25) is 0 Å². The zero-order valence-corrected chi connectivity index (χ0v) is 19.3. The Morgan fingerprint density at radius 1 is 1.00 bits per heavy atom. The molecule has 5 rings (SSSR count). The van der Waals surface area contributed by atoms with Crippen LogP contribution in [0.2, 0.25) is 0 Å². The SMILES string of the molecule is COc1cc(F)cc2c1cc(C)n2CCNc1cc(-c2ccc(-c3c[nH]c(C)n3)cc2)ncn1. The predicted octanol–water partition coefficient (Wildman–Crippen LogP) is 5.37. The topological polar surface area (TPSA) is 80.6 Å².